The summed E-state index contributed by atoms with van der Waals surface area (Å²) in [6.07, 6.45) is 7.61. The summed E-state index contributed by atoms with van der Waals surface area (Å²) in [5.74, 6) is 0. The number of hydrogen-bond donors (Lipinski definition) is 0. The molecule has 1 rings (SSSR count). The Hall–Kier alpha value is -0.790. The predicted octanol–water partition coefficient (Wildman–Crippen LogP) is 1.65. The summed E-state index contributed by atoms with van der Waals surface area (Å²) in [7, 11) is 0. The van der Waals surface area contributed by atoms with E-state index in [1.807, 2.05) is 4.57 Å². The van der Waals surface area contributed by atoms with E-state index in [9.17, 15) is 0 Å². The highest BCUT2D eigenvalue weighted by atomic mass is 15.0. The van der Waals surface area contributed by atoms with Gasteiger partial charge in [-0.1, -0.05) is 6.92 Å². The first-order valence-electron chi connectivity index (χ1n) is 3.24. The molecule has 0 fully saturated rings. The summed E-state index contributed by atoms with van der Waals surface area (Å²) < 4.78 is 1.99. The van der Waals surface area contributed by atoms with E-state index in [4.69, 9.17) is 0 Å². The predicted molar refractivity (Wildman–Crippen MR) is 36.1 cm³/mol. The van der Waals surface area contributed by atoms with Gasteiger partial charge >= 0.3 is 0 Å². The maximum Gasteiger partial charge on any atom is 0.0953 e. The standard InChI is InChI=1S/C7H11N2/c1-3-7(2)9-5-4-8-6-9/h4,6-7H,3H2,1-2H3. The van der Waals surface area contributed by atoms with Crippen molar-refractivity contribution in [2.75, 3.05) is 0 Å². The van der Waals surface area contributed by atoms with E-state index in [0.717, 1.165) is 6.42 Å². The van der Waals surface area contributed by atoms with Crippen molar-refractivity contribution in [3.05, 3.63) is 18.7 Å². The van der Waals surface area contributed by atoms with Crippen LogP contribution in [0.3, 0.4) is 0 Å². The molecule has 0 aromatic carbocycles. The maximum absolute atomic E-state index is 3.90. The van der Waals surface area contributed by atoms with Crippen LogP contribution in [0.15, 0.2) is 12.5 Å². The second kappa shape index (κ2) is 2.67. The highest BCUT2D eigenvalue weighted by Crippen LogP contribution is 2.06. The molecule has 0 aliphatic heterocycles. The lowest BCUT2D eigenvalue weighted by Crippen LogP contribution is -1.99. The Morgan fingerprint density at radius 3 is 3.00 bits per heavy atom. The molecule has 2 nitrogen and oxygen atoms in total. The SMILES string of the molecule is CCC(C)n1[c]cnc1. The first kappa shape index (κ1) is 6.33. The van der Waals surface area contributed by atoms with Crippen molar-refractivity contribution in [1.82, 2.24) is 9.55 Å². The summed E-state index contributed by atoms with van der Waals surface area (Å²) in [6, 6.07) is 0.535. The molecule has 1 heterocycles. The smallest absolute Gasteiger partial charge is 0.0953 e. The van der Waals surface area contributed by atoms with Crippen molar-refractivity contribution in [3.63, 3.8) is 0 Å². The third-order valence-electron chi connectivity index (χ3n) is 1.54. The van der Waals surface area contributed by atoms with Crippen LogP contribution >= 0.6 is 0 Å². The van der Waals surface area contributed by atoms with Crippen molar-refractivity contribution in [1.29, 1.82) is 0 Å². The molecular formula is C7H11N2. The fourth-order valence-electron chi connectivity index (χ4n) is 0.676. The molecule has 0 spiro atoms. The van der Waals surface area contributed by atoms with Crippen LogP contribution in [-0.4, -0.2) is 9.55 Å². The molecule has 1 aromatic rings. The van der Waals surface area contributed by atoms with Gasteiger partial charge in [-0.2, -0.15) is 0 Å². The highest BCUT2D eigenvalue weighted by molar-refractivity contribution is 4.75. The lowest BCUT2D eigenvalue weighted by molar-refractivity contribution is 0.527. The van der Waals surface area contributed by atoms with Gasteiger partial charge in [-0.3, -0.25) is 0 Å². The molecule has 0 amide bonds. The van der Waals surface area contributed by atoms with E-state index in [0.29, 0.717) is 6.04 Å². The van der Waals surface area contributed by atoms with Crippen LogP contribution in [0.25, 0.3) is 0 Å². The van der Waals surface area contributed by atoms with Gasteiger partial charge < -0.3 is 4.57 Å². The van der Waals surface area contributed by atoms with Crippen molar-refractivity contribution in [2.45, 2.75) is 26.3 Å². The molecule has 0 saturated carbocycles. The highest BCUT2D eigenvalue weighted by Gasteiger charge is 1.97. The minimum atomic E-state index is 0.535. The first-order valence-corrected chi connectivity index (χ1v) is 3.24. The maximum atomic E-state index is 3.90. The topological polar surface area (TPSA) is 17.8 Å². The minimum Gasteiger partial charge on any atom is -0.327 e. The summed E-state index contributed by atoms with van der Waals surface area (Å²) in [4.78, 5) is 3.90. The third kappa shape index (κ3) is 1.31. The normalized spacial score (nSPS) is 13.6. The van der Waals surface area contributed by atoms with E-state index in [1.165, 1.54) is 0 Å². The number of nitrogens with zero attached hydrogens (tertiary/aromatic N) is 2. The lowest BCUT2D eigenvalue weighted by Gasteiger charge is -2.07. The van der Waals surface area contributed by atoms with E-state index in [-0.39, 0.29) is 0 Å². The fraction of sp³-hybridized carbons (Fsp3) is 0.571. The lowest BCUT2D eigenvalue weighted by atomic mass is 10.3. The molecule has 9 heavy (non-hydrogen) atoms. The average Bonchev–Trinajstić information content (AvgIpc) is 2.37. The molecule has 1 aromatic heterocycles. The van der Waals surface area contributed by atoms with Crippen LogP contribution in [0.2, 0.25) is 0 Å². The number of hydrogen-bond acceptors (Lipinski definition) is 1. The van der Waals surface area contributed by atoms with Crippen molar-refractivity contribution in [2.24, 2.45) is 0 Å². The molecule has 2 heteroatoms. The van der Waals surface area contributed by atoms with Gasteiger partial charge in [-0.25, -0.2) is 4.98 Å². The zero-order chi connectivity index (χ0) is 6.69. The molecule has 0 aliphatic rings. The van der Waals surface area contributed by atoms with E-state index >= 15 is 0 Å². The molecule has 0 saturated heterocycles. The Labute approximate surface area is 55.5 Å². The van der Waals surface area contributed by atoms with Gasteiger partial charge in [-0.15, -0.1) is 0 Å². The molecule has 49 valence electrons. The van der Waals surface area contributed by atoms with E-state index < -0.39 is 0 Å². The van der Waals surface area contributed by atoms with Gasteiger partial charge in [0.1, 0.15) is 0 Å². The first-order chi connectivity index (χ1) is 4.34. The average molecular weight is 123 g/mol. The zero-order valence-corrected chi connectivity index (χ0v) is 5.83. The second-order valence-corrected chi connectivity index (χ2v) is 2.19. The third-order valence-corrected chi connectivity index (χ3v) is 1.54. The Kier molecular flexibility index (Phi) is 1.88. The van der Waals surface area contributed by atoms with Crippen molar-refractivity contribution < 1.29 is 0 Å². The monoisotopic (exact) mass is 123 g/mol. The summed E-state index contributed by atoms with van der Waals surface area (Å²) >= 11 is 0. The number of aromatic nitrogens is 2. The largest absolute Gasteiger partial charge is 0.327 e. The Balaban J connectivity index is 2.65. The van der Waals surface area contributed by atoms with Crippen LogP contribution in [0, 0.1) is 6.20 Å². The summed E-state index contributed by atoms with van der Waals surface area (Å²) in [5.41, 5.74) is 0. The molecule has 1 atom stereocenters. The minimum absolute atomic E-state index is 0.535. The van der Waals surface area contributed by atoms with Gasteiger partial charge in [0.05, 0.1) is 18.7 Å². The Morgan fingerprint density at radius 1 is 1.78 bits per heavy atom. The number of rotatable bonds is 2. The Bertz CT molecular complexity index is 155. The summed E-state index contributed by atoms with van der Waals surface area (Å²) in [6.45, 7) is 4.30. The van der Waals surface area contributed by atoms with Gasteiger partial charge in [-0.05, 0) is 13.3 Å². The van der Waals surface area contributed by atoms with Crippen LogP contribution in [0.1, 0.15) is 26.3 Å². The van der Waals surface area contributed by atoms with E-state index in [2.05, 4.69) is 25.0 Å². The van der Waals surface area contributed by atoms with Crippen LogP contribution in [0.4, 0.5) is 0 Å². The molecule has 0 N–H and O–H groups in total. The van der Waals surface area contributed by atoms with Crippen molar-refractivity contribution >= 4 is 0 Å². The summed E-state index contributed by atoms with van der Waals surface area (Å²) in [5, 5.41) is 0. The van der Waals surface area contributed by atoms with Gasteiger partial charge in [0, 0.05) is 6.04 Å². The van der Waals surface area contributed by atoms with E-state index in [1.54, 1.807) is 12.5 Å². The van der Waals surface area contributed by atoms with Crippen LogP contribution in [-0.2, 0) is 0 Å². The van der Waals surface area contributed by atoms with Gasteiger partial charge in [0.15, 0.2) is 0 Å². The molecule has 1 unspecified atom stereocenters. The quantitative estimate of drug-likeness (QED) is 0.584. The fourth-order valence-corrected chi connectivity index (χ4v) is 0.676. The number of imidazole rings is 1. The zero-order valence-electron chi connectivity index (χ0n) is 5.83. The molecule has 0 aliphatic carbocycles. The molecular weight excluding hydrogens is 112 g/mol. The van der Waals surface area contributed by atoms with Crippen LogP contribution < -0.4 is 0 Å². The van der Waals surface area contributed by atoms with Crippen LogP contribution in [0.5, 0.6) is 0 Å². The Morgan fingerprint density at radius 2 is 2.56 bits per heavy atom. The van der Waals surface area contributed by atoms with Gasteiger partial charge in [0.2, 0.25) is 0 Å². The van der Waals surface area contributed by atoms with Crippen molar-refractivity contribution in [3.8, 4) is 0 Å². The molecule has 0 bridgehead atoms. The second-order valence-electron chi connectivity index (χ2n) is 2.19. The molecule has 1 radical (unpaired) electrons. The van der Waals surface area contributed by atoms with Gasteiger partial charge in [0.25, 0.3) is 0 Å².